The minimum Gasteiger partial charge on any atom is -0.497 e. The second kappa shape index (κ2) is 9.89. The average Bonchev–Trinajstić information content (AvgIpc) is 2.77. The van der Waals surface area contributed by atoms with Crippen LogP contribution in [0.3, 0.4) is 0 Å². The predicted molar refractivity (Wildman–Crippen MR) is 115 cm³/mol. The van der Waals surface area contributed by atoms with Crippen LogP contribution in [0.15, 0.2) is 78.9 Å². The van der Waals surface area contributed by atoms with E-state index >= 15 is 0 Å². The number of carbonyl (C=O) groups is 1. The molecule has 0 aromatic heterocycles. The minimum atomic E-state index is -0.251. The number of amides is 1. The van der Waals surface area contributed by atoms with E-state index in [4.69, 9.17) is 9.47 Å². The molecule has 0 aliphatic rings. The summed E-state index contributed by atoms with van der Waals surface area (Å²) in [6.07, 6.45) is 0.175. The molecule has 1 amide bonds. The maximum atomic E-state index is 12.9. The van der Waals surface area contributed by atoms with Gasteiger partial charge in [-0.25, -0.2) is 0 Å². The second-order valence-corrected chi connectivity index (χ2v) is 7.15. The van der Waals surface area contributed by atoms with E-state index in [1.54, 1.807) is 7.11 Å². The number of hydrogen-bond acceptors (Lipinski definition) is 3. The molecule has 0 saturated heterocycles. The lowest BCUT2D eigenvalue weighted by Gasteiger charge is -2.20. The van der Waals surface area contributed by atoms with Crippen molar-refractivity contribution in [3.05, 3.63) is 101 Å². The largest absolute Gasteiger partial charge is 0.497 e. The molecule has 4 heteroatoms. The zero-order valence-electron chi connectivity index (χ0n) is 17.1. The van der Waals surface area contributed by atoms with Crippen molar-refractivity contribution in [2.24, 2.45) is 0 Å². The lowest BCUT2D eigenvalue weighted by atomic mass is 9.98. The number of benzene rings is 3. The highest BCUT2D eigenvalue weighted by Gasteiger charge is 2.18. The van der Waals surface area contributed by atoms with Crippen LogP contribution in [0.4, 0.5) is 0 Å². The van der Waals surface area contributed by atoms with Crippen LogP contribution in [-0.2, 0) is 11.3 Å². The number of rotatable bonds is 8. The molecule has 0 unspecified atom stereocenters. The summed E-state index contributed by atoms with van der Waals surface area (Å²) in [5.41, 5.74) is 3.68. The summed E-state index contributed by atoms with van der Waals surface area (Å²) in [7, 11) is 1.64. The van der Waals surface area contributed by atoms with Crippen molar-refractivity contribution in [3.8, 4) is 5.75 Å². The summed E-state index contributed by atoms with van der Waals surface area (Å²) >= 11 is 0. The summed E-state index contributed by atoms with van der Waals surface area (Å²) in [6.45, 7) is 4.55. The van der Waals surface area contributed by atoms with Gasteiger partial charge in [0.2, 0.25) is 0 Å². The highest BCUT2D eigenvalue weighted by Crippen LogP contribution is 2.24. The van der Waals surface area contributed by atoms with Crippen molar-refractivity contribution in [3.63, 3.8) is 0 Å². The molecule has 1 atom stereocenters. The van der Waals surface area contributed by atoms with Crippen LogP contribution in [0.1, 0.15) is 46.9 Å². The summed E-state index contributed by atoms with van der Waals surface area (Å²) < 4.78 is 10.9. The Morgan fingerprint density at radius 2 is 1.48 bits per heavy atom. The molecule has 0 aliphatic heterocycles. The maximum Gasteiger partial charge on any atom is 0.252 e. The molecule has 0 spiro atoms. The van der Waals surface area contributed by atoms with E-state index in [1.165, 1.54) is 0 Å². The molecule has 0 aliphatic carbocycles. The van der Waals surface area contributed by atoms with Gasteiger partial charge in [0, 0.05) is 5.56 Å². The van der Waals surface area contributed by atoms with Crippen LogP contribution in [0, 0.1) is 0 Å². The number of ether oxygens (including phenoxy) is 2. The molecule has 3 aromatic carbocycles. The fourth-order valence-corrected chi connectivity index (χ4v) is 3.03. The quantitative estimate of drug-likeness (QED) is 0.580. The van der Waals surface area contributed by atoms with Gasteiger partial charge in [-0.1, -0.05) is 54.6 Å². The third kappa shape index (κ3) is 5.69. The maximum absolute atomic E-state index is 12.9. The molecule has 0 fully saturated rings. The Balaban J connectivity index is 1.79. The molecule has 1 N–H and O–H groups in total. The van der Waals surface area contributed by atoms with Crippen molar-refractivity contribution in [1.82, 2.24) is 5.32 Å². The Bertz CT molecular complexity index is 903. The van der Waals surface area contributed by atoms with Crippen molar-refractivity contribution in [2.45, 2.75) is 32.6 Å². The number of nitrogens with one attached hydrogen (secondary N) is 1. The number of carbonyl (C=O) groups excluding carboxylic acids is 1. The fraction of sp³-hybridized carbons (Fsp3) is 0.240. The first kappa shape index (κ1) is 20.6. The van der Waals surface area contributed by atoms with Gasteiger partial charge < -0.3 is 14.8 Å². The average molecular weight is 389 g/mol. The Kier molecular flexibility index (Phi) is 7.04. The van der Waals surface area contributed by atoms with Gasteiger partial charge in [0.05, 0.1) is 25.9 Å². The molecule has 3 aromatic rings. The van der Waals surface area contributed by atoms with Gasteiger partial charge in [-0.15, -0.1) is 0 Å². The van der Waals surface area contributed by atoms with E-state index in [0.717, 1.165) is 22.4 Å². The molecule has 3 rings (SSSR count). The lowest BCUT2D eigenvalue weighted by molar-refractivity contribution is 0.0656. The van der Waals surface area contributed by atoms with E-state index in [2.05, 4.69) is 5.32 Å². The minimum absolute atomic E-state index is 0.119. The van der Waals surface area contributed by atoms with E-state index < -0.39 is 0 Å². The molecule has 0 saturated carbocycles. The monoisotopic (exact) mass is 389 g/mol. The Hall–Kier alpha value is -3.11. The van der Waals surface area contributed by atoms with Crippen LogP contribution in [0.5, 0.6) is 5.75 Å². The molecule has 0 heterocycles. The van der Waals surface area contributed by atoms with Crippen molar-refractivity contribution in [1.29, 1.82) is 0 Å². The fourth-order valence-electron chi connectivity index (χ4n) is 3.03. The molecule has 0 bridgehead atoms. The van der Waals surface area contributed by atoms with Gasteiger partial charge >= 0.3 is 0 Å². The van der Waals surface area contributed by atoms with E-state index in [0.29, 0.717) is 12.2 Å². The lowest BCUT2D eigenvalue weighted by Crippen LogP contribution is -2.29. The second-order valence-electron chi connectivity index (χ2n) is 7.15. The molecular weight excluding hydrogens is 362 g/mol. The highest BCUT2D eigenvalue weighted by molar-refractivity contribution is 5.94. The smallest absolute Gasteiger partial charge is 0.252 e. The standard InChI is InChI=1S/C25H27NO3/c1-18(2)29-17-19-9-11-22(12-10-19)25(27)26-24(20-7-5-4-6-8-20)21-13-15-23(28-3)16-14-21/h4-16,18,24H,17H2,1-3H3,(H,26,27)/t24-/m1/s1. The van der Waals surface area contributed by atoms with Crippen LogP contribution in [0.25, 0.3) is 0 Å². The Labute approximate surface area is 172 Å². The van der Waals surface area contributed by atoms with Crippen molar-refractivity contribution < 1.29 is 14.3 Å². The SMILES string of the molecule is COc1ccc([C@H](NC(=O)c2ccc(COC(C)C)cc2)c2ccccc2)cc1. The van der Waals surface area contributed by atoms with Gasteiger partial charge in [-0.2, -0.15) is 0 Å². The molecule has 150 valence electrons. The summed E-state index contributed by atoms with van der Waals surface area (Å²) in [5, 5.41) is 3.16. The number of hydrogen-bond donors (Lipinski definition) is 1. The van der Waals surface area contributed by atoms with E-state index in [9.17, 15) is 4.79 Å². The van der Waals surface area contributed by atoms with E-state index in [-0.39, 0.29) is 18.1 Å². The van der Waals surface area contributed by atoms with Gasteiger partial charge in [0.1, 0.15) is 5.75 Å². The normalized spacial score (nSPS) is 11.9. The van der Waals surface area contributed by atoms with Gasteiger partial charge in [-0.3, -0.25) is 4.79 Å². The Morgan fingerprint density at radius 1 is 0.862 bits per heavy atom. The third-order valence-corrected chi connectivity index (χ3v) is 4.66. The zero-order chi connectivity index (χ0) is 20.6. The van der Waals surface area contributed by atoms with Gasteiger partial charge in [0.25, 0.3) is 5.91 Å². The van der Waals surface area contributed by atoms with Gasteiger partial charge in [0.15, 0.2) is 0 Å². The molecule has 0 radical (unpaired) electrons. The Morgan fingerprint density at radius 3 is 2.07 bits per heavy atom. The first-order valence-electron chi connectivity index (χ1n) is 9.77. The molecular formula is C25H27NO3. The zero-order valence-corrected chi connectivity index (χ0v) is 17.1. The van der Waals surface area contributed by atoms with Crippen LogP contribution in [-0.4, -0.2) is 19.1 Å². The predicted octanol–water partition coefficient (Wildman–Crippen LogP) is 5.14. The first-order valence-corrected chi connectivity index (χ1v) is 9.77. The van der Waals surface area contributed by atoms with E-state index in [1.807, 2.05) is 92.7 Å². The third-order valence-electron chi connectivity index (χ3n) is 4.66. The topological polar surface area (TPSA) is 47.6 Å². The van der Waals surface area contributed by atoms with Crippen LogP contribution in [0.2, 0.25) is 0 Å². The highest BCUT2D eigenvalue weighted by atomic mass is 16.5. The van der Waals surface area contributed by atoms with Crippen molar-refractivity contribution >= 4 is 5.91 Å². The molecule has 4 nitrogen and oxygen atoms in total. The van der Waals surface area contributed by atoms with Gasteiger partial charge in [-0.05, 0) is 54.8 Å². The van der Waals surface area contributed by atoms with Crippen LogP contribution >= 0.6 is 0 Å². The molecule has 29 heavy (non-hydrogen) atoms. The summed E-state index contributed by atoms with van der Waals surface area (Å²) in [4.78, 5) is 12.9. The summed E-state index contributed by atoms with van der Waals surface area (Å²) in [5.74, 6) is 0.664. The number of methoxy groups -OCH3 is 1. The van der Waals surface area contributed by atoms with Crippen molar-refractivity contribution in [2.75, 3.05) is 7.11 Å². The first-order chi connectivity index (χ1) is 14.1. The van der Waals surface area contributed by atoms with Crippen LogP contribution < -0.4 is 10.1 Å². The summed E-state index contributed by atoms with van der Waals surface area (Å²) in [6, 6.07) is 25.0.